The first-order chi connectivity index (χ1) is 9.66. The van der Waals surface area contributed by atoms with E-state index in [-0.39, 0.29) is 0 Å². The van der Waals surface area contributed by atoms with Crippen LogP contribution < -0.4 is 10.5 Å². The van der Waals surface area contributed by atoms with Crippen molar-refractivity contribution in [3.8, 4) is 5.75 Å². The Hall–Kier alpha value is -1.11. The van der Waals surface area contributed by atoms with E-state index in [1.165, 1.54) is 0 Å². The quantitative estimate of drug-likeness (QED) is 0.798. The van der Waals surface area contributed by atoms with E-state index in [4.69, 9.17) is 15.2 Å². The minimum Gasteiger partial charge on any atom is -0.493 e. The summed E-state index contributed by atoms with van der Waals surface area (Å²) in [6.45, 7) is 5.11. The van der Waals surface area contributed by atoms with Crippen LogP contribution in [0.2, 0.25) is 0 Å². The molecule has 0 unspecified atom stereocenters. The molecule has 1 aromatic carbocycles. The second-order valence-electron chi connectivity index (χ2n) is 4.66. The van der Waals surface area contributed by atoms with Gasteiger partial charge in [-0.05, 0) is 24.6 Å². The van der Waals surface area contributed by atoms with Crippen molar-refractivity contribution in [3.05, 3.63) is 28.2 Å². The monoisotopic (exact) mass is 342 g/mol. The van der Waals surface area contributed by atoms with Crippen LogP contribution in [0, 0.1) is 0 Å². The Morgan fingerprint density at radius 1 is 1.40 bits per heavy atom. The summed E-state index contributed by atoms with van der Waals surface area (Å²) in [5, 5.41) is 0. The first kappa shape index (κ1) is 15.3. The SMILES string of the molecule is NC(=O)c1cc(Br)ccc1OCCCN1CCOCC1. The molecule has 0 aliphatic carbocycles. The first-order valence-electron chi connectivity index (χ1n) is 6.69. The highest BCUT2D eigenvalue weighted by molar-refractivity contribution is 9.10. The van der Waals surface area contributed by atoms with Crippen molar-refractivity contribution in [2.24, 2.45) is 5.73 Å². The van der Waals surface area contributed by atoms with Gasteiger partial charge in [0.05, 0.1) is 25.4 Å². The lowest BCUT2D eigenvalue weighted by molar-refractivity contribution is 0.0357. The Bertz CT molecular complexity index is 462. The van der Waals surface area contributed by atoms with Crippen LogP contribution in [0.3, 0.4) is 0 Å². The summed E-state index contributed by atoms with van der Waals surface area (Å²) >= 11 is 3.32. The maximum atomic E-state index is 11.4. The van der Waals surface area contributed by atoms with Gasteiger partial charge in [-0.1, -0.05) is 15.9 Å². The number of amides is 1. The van der Waals surface area contributed by atoms with E-state index >= 15 is 0 Å². The number of nitrogens with zero attached hydrogens (tertiary/aromatic N) is 1. The fraction of sp³-hybridized carbons (Fsp3) is 0.500. The van der Waals surface area contributed by atoms with E-state index in [2.05, 4.69) is 20.8 Å². The molecule has 20 heavy (non-hydrogen) atoms. The maximum absolute atomic E-state index is 11.4. The van der Waals surface area contributed by atoms with Crippen molar-refractivity contribution in [2.45, 2.75) is 6.42 Å². The number of nitrogens with two attached hydrogens (primary N) is 1. The number of morpholine rings is 1. The molecule has 2 N–H and O–H groups in total. The summed E-state index contributed by atoms with van der Waals surface area (Å²) in [6.07, 6.45) is 0.911. The molecule has 0 bridgehead atoms. The molecule has 0 saturated carbocycles. The summed E-state index contributed by atoms with van der Waals surface area (Å²) in [6, 6.07) is 5.28. The van der Waals surface area contributed by atoms with Gasteiger partial charge in [0, 0.05) is 24.1 Å². The minimum absolute atomic E-state index is 0.408. The lowest BCUT2D eigenvalue weighted by Crippen LogP contribution is -2.37. The zero-order valence-corrected chi connectivity index (χ0v) is 12.9. The third-order valence-electron chi connectivity index (χ3n) is 3.19. The van der Waals surface area contributed by atoms with Gasteiger partial charge in [-0.3, -0.25) is 9.69 Å². The number of hydrogen-bond acceptors (Lipinski definition) is 4. The average Bonchev–Trinajstić information content (AvgIpc) is 2.45. The van der Waals surface area contributed by atoms with Crippen molar-refractivity contribution >= 4 is 21.8 Å². The van der Waals surface area contributed by atoms with Gasteiger partial charge < -0.3 is 15.2 Å². The van der Waals surface area contributed by atoms with Crippen LogP contribution in [0.5, 0.6) is 5.75 Å². The zero-order chi connectivity index (χ0) is 14.4. The molecule has 110 valence electrons. The van der Waals surface area contributed by atoms with Crippen LogP contribution in [0.1, 0.15) is 16.8 Å². The molecule has 1 fully saturated rings. The van der Waals surface area contributed by atoms with E-state index in [1.807, 2.05) is 6.07 Å². The number of primary amides is 1. The van der Waals surface area contributed by atoms with Crippen LogP contribution in [0.15, 0.2) is 22.7 Å². The number of ether oxygens (including phenoxy) is 2. The highest BCUT2D eigenvalue weighted by atomic mass is 79.9. The summed E-state index contributed by atoms with van der Waals surface area (Å²) in [5.74, 6) is 0.0668. The summed E-state index contributed by atoms with van der Waals surface area (Å²) in [7, 11) is 0. The molecule has 2 rings (SSSR count). The number of carbonyl (C=O) groups is 1. The molecule has 1 aliphatic rings. The predicted molar refractivity (Wildman–Crippen MR) is 80.0 cm³/mol. The minimum atomic E-state index is -0.477. The first-order valence-corrected chi connectivity index (χ1v) is 7.48. The van der Waals surface area contributed by atoms with E-state index in [1.54, 1.807) is 12.1 Å². The zero-order valence-electron chi connectivity index (χ0n) is 11.3. The van der Waals surface area contributed by atoms with Gasteiger partial charge in [-0.25, -0.2) is 0 Å². The Morgan fingerprint density at radius 3 is 2.85 bits per heavy atom. The Labute approximate surface area is 127 Å². The van der Waals surface area contributed by atoms with Gasteiger partial charge in [0.2, 0.25) is 0 Å². The Balaban J connectivity index is 1.80. The molecule has 6 heteroatoms. The van der Waals surface area contributed by atoms with Crippen molar-refractivity contribution in [3.63, 3.8) is 0 Å². The van der Waals surface area contributed by atoms with E-state index in [0.717, 1.165) is 43.7 Å². The highest BCUT2D eigenvalue weighted by Crippen LogP contribution is 2.23. The van der Waals surface area contributed by atoms with Crippen molar-refractivity contribution < 1.29 is 14.3 Å². The molecule has 0 radical (unpaired) electrons. The van der Waals surface area contributed by atoms with Gasteiger partial charge in [0.25, 0.3) is 5.91 Å². The van der Waals surface area contributed by atoms with Gasteiger partial charge >= 0.3 is 0 Å². The number of benzene rings is 1. The molecular weight excluding hydrogens is 324 g/mol. The summed E-state index contributed by atoms with van der Waals surface area (Å²) in [4.78, 5) is 13.7. The van der Waals surface area contributed by atoms with Crippen LogP contribution in [0.4, 0.5) is 0 Å². The fourth-order valence-electron chi connectivity index (χ4n) is 2.12. The normalized spacial score (nSPS) is 16.1. The molecule has 0 spiro atoms. The molecule has 1 heterocycles. The van der Waals surface area contributed by atoms with E-state index in [9.17, 15) is 4.79 Å². The number of halogens is 1. The summed E-state index contributed by atoms with van der Waals surface area (Å²) in [5.41, 5.74) is 5.75. The molecule has 0 aromatic heterocycles. The largest absolute Gasteiger partial charge is 0.493 e. The van der Waals surface area contributed by atoms with Crippen molar-refractivity contribution in [1.29, 1.82) is 0 Å². The molecule has 1 aliphatic heterocycles. The topological polar surface area (TPSA) is 64.8 Å². The molecule has 0 atom stereocenters. The van der Waals surface area contributed by atoms with Gasteiger partial charge in [0.1, 0.15) is 5.75 Å². The maximum Gasteiger partial charge on any atom is 0.252 e. The van der Waals surface area contributed by atoms with Gasteiger partial charge in [-0.15, -0.1) is 0 Å². The molecular formula is C14H19BrN2O3. The fourth-order valence-corrected chi connectivity index (χ4v) is 2.48. The van der Waals surface area contributed by atoms with Crippen molar-refractivity contribution in [1.82, 2.24) is 4.90 Å². The number of carbonyl (C=O) groups excluding carboxylic acids is 1. The Kier molecular flexibility index (Phi) is 5.82. The number of hydrogen-bond donors (Lipinski definition) is 1. The smallest absolute Gasteiger partial charge is 0.252 e. The van der Waals surface area contributed by atoms with Crippen LogP contribution >= 0.6 is 15.9 Å². The van der Waals surface area contributed by atoms with Crippen LogP contribution in [0.25, 0.3) is 0 Å². The van der Waals surface area contributed by atoms with Gasteiger partial charge in [0.15, 0.2) is 0 Å². The molecule has 1 aromatic rings. The number of rotatable bonds is 6. The lowest BCUT2D eigenvalue weighted by atomic mass is 10.2. The third kappa shape index (κ3) is 4.47. The standard InChI is InChI=1S/C14H19BrN2O3/c15-11-2-3-13(12(10-11)14(16)18)20-7-1-4-17-5-8-19-9-6-17/h2-3,10H,1,4-9H2,(H2,16,18). The predicted octanol–water partition coefficient (Wildman–Crippen LogP) is 1.65. The Morgan fingerprint density at radius 2 is 2.15 bits per heavy atom. The highest BCUT2D eigenvalue weighted by Gasteiger charge is 2.11. The third-order valence-corrected chi connectivity index (χ3v) is 3.68. The van der Waals surface area contributed by atoms with Crippen LogP contribution in [-0.2, 0) is 4.74 Å². The lowest BCUT2D eigenvalue weighted by Gasteiger charge is -2.26. The second-order valence-corrected chi connectivity index (χ2v) is 5.58. The van der Waals surface area contributed by atoms with E-state index in [0.29, 0.717) is 17.9 Å². The van der Waals surface area contributed by atoms with Crippen molar-refractivity contribution in [2.75, 3.05) is 39.5 Å². The van der Waals surface area contributed by atoms with Crippen LogP contribution in [-0.4, -0.2) is 50.3 Å². The second kappa shape index (κ2) is 7.61. The average molecular weight is 343 g/mol. The van der Waals surface area contributed by atoms with E-state index < -0.39 is 5.91 Å². The molecule has 1 saturated heterocycles. The molecule has 1 amide bonds. The van der Waals surface area contributed by atoms with Gasteiger partial charge in [-0.2, -0.15) is 0 Å². The molecule has 5 nitrogen and oxygen atoms in total. The summed E-state index contributed by atoms with van der Waals surface area (Å²) < 4.78 is 11.8.